The second-order valence-electron chi connectivity index (χ2n) is 8.89. The summed E-state index contributed by atoms with van der Waals surface area (Å²) in [4.78, 5) is 15.9. The summed E-state index contributed by atoms with van der Waals surface area (Å²) in [7, 11) is 0. The molecule has 0 radical (unpaired) electrons. The van der Waals surface area contributed by atoms with E-state index in [1.165, 1.54) is 0 Å². The van der Waals surface area contributed by atoms with Gasteiger partial charge in [-0.05, 0) is 54.3 Å². The molecule has 0 amide bonds. The molecule has 180 valence electrons. The maximum Gasteiger partial charge on any atom is 0.180 e. The Bertz CT molecular complexity index is 1250. The third kappa shape index (κ3) is 4.85. The van der Waals surface area contributed by atoms with E-state index in [-0.39, 0.29) is 6.10 Å². The zero-order valence-electron chi connectivity index (χ0n) is 19.3. The highest BCUT2D eigenvalue weighted by molar-refractivity contribution is 5.85. The van der Waals surface area contributed by atoms with Crippen LogP contribution in [0.15, 0.2) is 42.9 Å². The van der Waals surface area contributed by atoms with Crippen molar-refractivity contribution >= 4 is 22.5 Å². The van der Waals surface area contributed by atoms with Crippen LogP contribution in [-0.4, -0.2) is 74.0 Å². The van der Waals surface area contributed by atoms with E-state index >= 15 is 0 Å². The first-order chi connectivity index (χ1) is 17.3. The lowest BCUT2D eigenvalue weighted by atomic mass is 9.93. The van der Waals surface area contributed by atoms with Gasteiger partial charge in [0, 0.05) is 55.0 Å². The number of nitrogens with zero attached hydrogens (tertiary/aromatic N) is 7. The molecule has 0 unspecified atom stereocenters. The normalized spacial score (nSPS) is 20.6. The highest BCUT2D eigenvalue weighted by Crippen LogP contribution is 2.33. The van der Waals surface area contributed by atoms with E-state index in [0.29, 0.717) is 11.9 Å². The lowest BCUT2D eigenvalue weighted by Gasteiger charge is -2.31. The molecule has 11 nitrogen and oxygen atoms in total. The number of pyridine rings is 1. The molecule has 1 saturated carbocycles. The van der Waals surface area contributed by atoms with Gasteiger partial charge in [0.1, 0.15) is 17.1 Å². The first-order valence-electron chi connectivity index (χ1n) is 12.0. The van der Waals surface area contributed by atoms with Gasteiger partial charge in [-0.2, -0.15) is 0 Å². The van der Waals surface area contributed by atoms with Crippen LogP contribution in [0.5, 0.6) is 5.75 Å². The first kappa shape index (κ1) is 21.7. The molecule has 2 aliphatic rings. The number of rotatable bonds is 6. The minimum atomic E-state index is 0.146. The van der Waals surface area contributed by atoms with Gasteiger partial charge in [0.05, 0.1) is 24.8 Å². The SMILES string of the molecule is c1cnc2c(O[C@H]3CC[C@@H](Nc4ccc(-c5nnn[nH]5)cn4)CC3)cc(N3CCOCC3)cc2n1. The van der Waals surface area contributed by atoms with Gasteiger partial charge in [-0.25, -0.2) is 15.1 Å². The van der Waals surface area contributed by atoms with Crippen molar-refractivity contribution in [1.29, 1.82) is 0 Å². The Morgan fingerprint density at radius 1 is 1.00 bits per heavy atom. The van der Waals surface area contributed by atoms with Crippen LogP contribution in [0.4, 0.5) is 11.5 Å². The Labute approximate surface area is 202 Å². The molecule has 1 aromatic carbocycles. The number of hydrogen-bond acceptors (Lipinski definition) is 10. The highest BCUT2D eigenvalue weighted by atomic mass is 16.5. The van der Waals surface area contributed by atoms with Gasteiger partial charge in [0.2, 0.25) is 0 Å². The van der Waals surface area contributed by atoms with Crippen molar-refractivity contribution < 1.29 is 9.47 Å². The number of aromatic amines is 1. The van der Waals surface area contributed by atoms with Crippen molar-refractivity contribution in [3.8, 4) is 17.1 Å². The fraction of sp³-hybridized carbons (Fsp3) is 0.417. The molecule has 4 aromatic rings. The fourth-order valence-electron chi connectivity index (χ4n) is 4.74. The summed E-state index contributed by atoms with van der Waals surface area (Å²) in [5, 5.41) is 17.4. The number of aromatic nitrogens is 7. The molecule has 0 bridgehead atoms. The molecular formula is C24H27N9O2. The molecule has 2 fully saturated rings. The second kappa shape index (κ2) is 9.79. The lowest BCUT2D eigenvalue weighted by Crippen LogP contribution is -2.36. The van der Waals surface area contributed by atoms with Crippen molar-refractivity contribution in [3.63, 3.8) is 0 Å². The Hall–Kier alpha value is -3.86. The third-order valence-corrected chi connectivity index (χ3v) is 6.60. The molecular weight excluding hydrogens is 446 g/mol. The summed E-state index contributed by atoms with van der Waals surface area (Å²) >= 11 is 0. The number of ether oxygens (including phenoxy) is 2. The molecule has 6 rings (SSSR count). The number of hydrogen-bond donors (Lipinski definition) is 2. The smallest absolute Gasteiger partial charge is 0.180 e. The molecule has 1 saturated heterocycles. The summed E-state index contributed by atoms with van der Waals surface area (Å²) in [6, 6.07) is 8.49. The van der Waals surface area contributed by atoms with Gasteiger partial charge >= 0.3 is 0 Å². The van der Waals surface area contributed by atoms with E-state index in [1.807, 2.05) is 12.1 Å². The zero-order chi connectivity index (χ0) is 23.5. The fourth-order valence-corrected chi connectivity index (χ4v) is 4.74. The quantitative estimate of drug-likeness (QED) is 0.431. The van der Waals surface area contributed by atoms with Gasteiger partial charge in [-0.15, -0.1) is 5.10 Å². The molecule has 4 heterocycles. The topological polar surface area (TPSA) is 127 Å². The Balaban J connectivity index is 1.10. The highest BCUT2D eigenvalue weighted by Gasteiger charge is 2.24. The van der Waals surface area contributed by atoms with Crippen LogP contribution in [0.3, 0.4) is 0 Å². The van der Waals surface area contributed by atoms with Crippen LogP contribution in [0.2, 0.25) is 0 Å². The Morgan fingerprint density at radius 3 is 2.63 bits per heavy atom. The molecule has 11 heteroatoms. The molecule has 1 aliphatic heterocycles. The van der Waals surface area contributed by atoms with Crippen LogP contribution in [0, 0.1) is 0 Å². The number of fused-ring (bicyclic) bond motifs is 1. The van der Waals surface area contributed by atoms with Gasteiger partial charge in [0.15, 0.2) is 5.82 Å². The van der Waals surface area contributed by atoms with Crippen molar-refractivity contribution in [2.24, 2.45) is 0 Å². The van der Waals surface area contributed by atoms with Crippen molar-refractivity contribution in [2.45, 2.75) is 37.8 Å². The van der Waals surface area contributed by atoms with E-state index in [9.17, 15) is 0 Å². The Kier molecular flexibility index (Phi) is 6.06. The number of nitrogens with one attached hydrogen (secondary N) is 2. The number of morpholine rings is 1. The molecule has 2 N–H and O–H groups in total. The van der Waals surface area contributed by atoms with Crippen molar-refractivity contribution in [1.82, 2.24) is 35.6 Å². The predicted molar refractivity (Wildman–Crippen MR) is 130 cm³/mol. The number of H-pyrrole nitrogens is 1. The summed E-state index contributed by atoms with van der Waals surface area (Å²) in [5.74, 6) is 2.27. The standard InChI is InChI=1S/C24H27N9O2/c1-6-22(27-15-16(1)24-29-31-32-30-24)28-17-2-4-19(5-3-17)35-21-14-18(33-9-11-34-12-10-33)13-20-23(21)26-8-7-25-20/h1,6-8,13-15,17,19H,2-5,9-12H2,(H,27,28)(H,29,30,31,32)/t17-,19+. The van der Waals surface area contributed by atoms with E-state index in [0.717, 1.165) is 85.8 Å². The van der Waals surface area contributed by atoms with E-state index < -0.39 is 0 Å². The van der Waals surface area contributed by atoms with Crippen LogP contribution >= 0.6 is 0 Å². The maximum atomic E-state index is 6.53. The van der Waals surface area contributed by atoms with Crippen molar-refractivity contribution in [2.75, 3.05) is 36.5 Å². The first-order valence-corrected chi connectivity index (χ1v) is 12.0. The van der Waals surface area contributed by atoms with E-state index in [1.54, 1.807) is 18.6 Å². The average molecular weight is 474 g/mol. The maximum absolute atomic E-state index is 6.53. The zero-order valence-corrected chi connectivity index (χ0v) is 19.3. The average Bonchev–Trinajstić information content (AvgIpc) is 3.46. The minimum Gasteiger partial charge on any atom is -0.488 e. The van der Waals surface area contributed by atoms with E-state index in [4.69, 9.17) is 9.47 Å². The van der Waals surface area contributed by atoms with Gasteiger partial charge in [-0.1, -0.05) is 0 Å². The van der Waals surface area contributed by atoms with Gasteiger partial charge in [-0.3, -0.25) is 4.98 Å². The summed E-state index contributed by atoms with van der Waals surface area (Å²) < 4.78 is 12.0. The Morgan fingerprint density at radius 2 is 1.86 bits per heavy atom. The summed E-state index contributed by atoms with van der Waals surface area (Å²) in [5.41, 5.74) is 3.64. The molecule has 0 spiro atoms. The van der Waals surface area contributed by atoms with Crippen LogP contribution < -0.4 is 15.0 Å². The molecule has 3 aromatic heterocycles. The van der Waals surface area contributed by atoms with Gasteiger partial charge < -0.3 is 19.7 Å². The number of benzene rings is 1. The molecule has 0 atom stereocenters. The third-order valence-electron chi connectivity index (χ3n) is 6.60. The van der Waals surface area contributed by atoms with Crippen LogP contribution in [-0.2, 0) is 4.74 Å². The summed E-state index contributed by atoms with van der Waals surface area (Å²) in [6.07, 6.45) is 9.31. The predicted octanol–water partition coefficient (Wildman–Crippen LogP) is 2.84. The number of anilines is 2. The number of tetrazole rings is 1. The van der Waals surface area contributed by atoms with Crippen LogP contribution in [0.25, 0.3) is 22.4 Å². The van der Waals surface area contributed by atoms with Gasteiger partial charge in [0.25, 0.3) is 0 Å². The summed E-state index contributed by atoms with van der Waals surface area (Å²) in [6.45, 7) is 3.21. The molecule has 1 aliphatic carbocycles. The largest absolute Gasteiger partial charge is 0.488 e. The van der Waals surface area contributed by atoms with Crippen molar-refractivity contribution in [3.05, 3.63) is 42.9 Å². The molecule has 35 heavy (non-hydrogen) atoms. The lowest BCUT2D eigenvalue weighted by molar-refractivity contribution is 0.122. The monoisotopic (exact) mass is 473 g/mol. The minimum absolute atomic E-state index is 0.146. The van der Waals surface area contributed by atoms with Crippen LogP contribution in [0.1, 0.15) is 25.7 Å². The second-order valence-corrected chi connectivity index (χ2v) is 8.89. The van der Waals surface area contributed by atoms with E-state index in [2.05, 4.69) is 57.9 Å².